The van der Waals surface area contributed by atoms with E-state index in [0.717, 1.165) is 12.1 Å². The molecule has 0 bridgehead atoms. The van der Waals surface area contributed by atoms with E-state index in [4.69, 9.17) is 21.4 Å². The van der Waals surface area contributed by atoms with Crippen molar-refractivity contribution in [2.45, 2.75) is 89.1 Å². The number of para-hydroxylation sites is 2. The Bertz CT molecular complexity index is 761. The van der Waals surface area contributed by atoms with Crippen molar-refractivity contribution in [2.24, 2.45) is 0 Å². The summed E-state index contributed by atoms with van der Waals surface area (Å²) in [5.41, 5.74) is 1.25. The summed E-state index contributed by atoms with van der Waals surface area (Å²) in [6.45, 7) is 0. The van der Waals surface area contributed by atoms with Crippen LogP contribution >= 0.6 is 12.2 Å². The van der Waals surface area contributed by atoms with Gasteiger partial charge in [0.15, 0.2) is 10.6 Å². The van der Waals surface area contributed by atoms with Crippen LogP contribution < -0.4 is 15.2 Å². The zero-order chi connectivity index (χ0) is 21.2. The van der Waals surface area contributed by atoms with Crippen molar-refractivity contribution in [1.29, 1.82) is 0 Å². The first-order chi connectivity index (χ1) is 14.6. The number of ether oxygens (including phenoxy) is 1. The molecular weight excluding hydrogens is 400 g/mol. The lowest BCUT2D eigenvalue weighted by Gasteiger charge is -2.27. The Morgan fingerprint density at radius 1 is 1.03 bits per heavy atom. The van der Waals surface area contributed by atoms with Crippen LogP contribution in [0.1, 0.15) is 77.0 Å². The van der Waals surface area contributed by atoms with E-state index in [0.29, 0.717) is 11.1 Å². The van der Waals surface area contributed by atoms with Gasteiger partial charge in [-0.15, -0.1) is 0 Å². The maximum Gasteiger partial charge on any atom is 0.400 e. The molecule has 30 heavy (non-hydrogen) atoms. The van der Waals surface area contributed by atoms with E-state index in [9.17, 15) is 9.90 Å². The van der Waals surface area contributed by atoms with Gasteiger partial charge in [-0.3, -0.25) is 0 Å². The lowest BCUT2D eigenvalue weighted by molar-refractivity contribution is -0.725. The summed E-state index contributed by atoms with van der Waals surface area (Å²) in [6.07, 6.45) is 14.9. The average molecular weight is 433 g/mol. The molecule has 164 valence electrons. The van der Waals surface area contributed by atoms with E-state index < -0.39 is 5.97 Å². The van der Waals surface area contributed by atoms with Crippen molar-refractivity contribution in [3.8, 4) is 6.08 Å². The predicted molar refractivity (Wildman–Crippen MR) is 117 cm³/mol. The predicted octanol–water partition coefficient (Wildman–Crippen LogP) is 3.28. The van der Waals surface area contributed by atoms with E-state index in [-0.39, 0.29) is 24.0 Å². The van der Waals surface area contributed by atoms with Gasteiger partial charge in [-0.1, -0.05) is 25.0 Å². The molecule has 2 aliphatic carbocycles. The number of fused-ring (bicyclic) bond motifs is 1. The lowest BCUT2D eigenvalue weighted by atomic mass is 9.91. The number of carboxylic acids is 1. The summed E-state index contributed by atoms with van der Waals surface area (Å²) in [4.78, 5) is 14.3. The Morgan fingerprint density at radius 3 is 2.20 bits per heavy atom. The fourth-order valence-electron chi connectivity index (χ4n) is 4.29. The quantitative estimate of drug-likeness (QED) is 0.705. The highest BCUT2D eigenvalue weighted by Crippen LogP contribution is 2.20. The largest absolute Gasteiger partial charge is 0.550 e. The zero-order valence-corrected chi connectivity index (χ0v) is 18.3. The third-order valence-corrected chi connectivity index (χ3v) is 6.14. The highest BCUT2D eigenvalue weighted by Gasteiger charge is 2.22. The van der Waals surface area contributed by atoms with Gasteiger partial charge in [0, 0.05) is 12.4 Å². The molecule has 0 atom stereocenters. The highest BCUT2D eigenvalue weighted by atomic mass is 32.1. The number of thiocarbonyl (C=S) groups is 1. The van der Waals surface area contributed by atoms with Crippen LogP contribution in [0, 0.1) is 0 Å². The Hall–Kier alpha value is -1.99. The molecule has 0 radical (unpaired) electrons. The Labute approximate surface area is 183 Å². The van der Waals surface area contributed by atoms with Crippen LogP contribution in [-0.2, 0) is 4.79 Å². The number of benzene rings is 1. The number of quaternary nitrogens is 1. The minimum Gasteiger partial charge on any atom is -0.550 e. The van der Waals surface area contributed by atoms with Crippen LogP contribution in [0.25, 0.3) is 11.1 Å². The molecule has 0 saturated heterocycles. The molecular formula is C23H32N2O4S. The summed E-state index contributed by atoms with van der Waals surface area (Å²) in [5, 5.41) is 13.1. The van der Waals surface area contributed by atoms with Crippen LogP contribution in [0.5, 0.6) is 6.08 Å². The number of carboxylic acid groups (broad SMARTS) is 1. The van der Waals surface area contributed by atoms with Crippen molar-refractivity contribution in [1.82, 2.24) is 4.98 Å². The number of rotatable bonds is 6. The smallest absolute Gasteiger partial charge is 0.400 e. The summed E-state index contributed by atoms with van der Waals surface area (Å²) in [7, 11) is 0. The molecule has 6 nitrogen and oxygen atoms in total. The van der Waals surface area contributed by atoms with Gasteiger partial charge < -0.3 is 24.4 Å². The Kier molecular flexibility index (Phi) is 9.08. The Morgan fingerprint density at radius 2 is 1.63 bits per heavy atom. The molecule has 2 fully saturated rings. The Balaban J connectivity index is 0.000000177. The third kappa shape index (κ3) is 7.69. The molecule has 7 heteroatoms. The number of hydrogen-bond acceptors (Lipinski definition) is 6. The molecule has 1 heterocycles. The molecule has 1 aromatic carbocycles. The van der Waals surface area contributed by atoms with Gasteiger partial charge in [-0.2, -0.15) is 4.98 Å². The number of nitrogens with two attached hydrogens (primary N) is 1. The molecule has 0 amide bonds. The normalized spacial score (nSPS) is 17.9. The molecule has 0 unspecified atom stereocenters. The fraction of sp³-hybridized carbons (Fsp3) is 0.609. The summed E-state index contributed by atoms with van der Waals surface area (Å²) >= 11 is 4.85. The van der Waals surface area contributed by atoms with Crippen LogP contribution in [0.4, 0.5) is 0 Å². The minimum atomic E-state index is -1.17. The van der Waals surface area contributed by atoms with Crippen molar-refractivity contribution < 1.29 is 24.4 Å². The number of hydrogen-bond donors (Lipinski definition) is 1. The molecule has 4 rings (SSSR count). The average Bonchev–Trinajstić information content (AvgIpc) is 3.16. The van der Waals surface area contributed by atoms with E-state index in [1.807, 2.05) is 12.1 Å². The number of carbonyl (C=O) groups is 1. The standard InChI is InChI=1S/C12H23N.C11H9NO4S/c1-3-7-11(8-4-1)13-12-9-5-2-6-10-12;13-9(14)5-6-10(17)16-11-12-7-3-1-2-4-8(7)15-11/h11-13H,1-10H2;1-4H,5-6H2,(H,13,14). The van der Waals surface area contributed by atoms with Crippen LogP contribution in [-0.4, -0.2) is 28.1 Å². The molecule has 2 N–H and O–H groups in total. The van der Waals surface area contributed by atoms with Crippen molar-refractivity contribution in [3.05, 3.63) is 24.3 Å². The van der Waals surface area contributed by atoms with E-state index in [1.54, 1.807) is 12.1 Å². The summed E-state index contributed by atoms with van der Waals surface area (Å²) in [5.74, 6) is -1.17. The molecule has 2 aliphatic rings. The summed E-state index contributed by atoms with van der Waals surface area (Å²) < 4.78 is 10.4. The first kappa shape index (κ1) is 22.7. The number of oxazole rings is 1. The second kappa shape index (κ2) is 12.0. The molecule has 0 aliphatic heterocycles. The minimum absolute atomic E-state index is 0.0227. The van der Waals surface area contributed by atoms with Gasteiger partial charge in [0.2, 0.25) is 0 Å². The maximum absolute atomic E-state index is 10.2. The SMILES string of the molecule is C1CCC([NH2+]C2CCCCC2)CC1.O=C([O-])CCC(=S)Oc1nc2ccccc2o1. The first-order valence-corrected chi connectivity index (χ1v) is 11.6. The van der Waals surface area contributed by atoms with Crippen molar-refractivity contribution in [2.75, 3.05) is 0 Å². The van der Waals surface area contributed by atoms with Gasteiger partial charge in [-0.25, -0.2) is 0 Å². The third-order valence-electron chi connectivity index (χ3n) is 5.85. The topological polar surface area (TPSA) is 92.0 Å². The highest BCUT2D eigenvalue weighted by molar-refractivity contribution is 7.80. The van der Waals surface area contributed by atoms with Crippen LogP contribution in [0.2, 0.25) is 0 Å². The molecule has 0 spiro atoms. The maximum atomic E-state index is 10.2. The van der Waals surface area contributed by atoms with Crippen LogP contribution in [0.3, 0.4) is 0 Å². The van der Waals surface area contributed by atoms with Gasteiger partial charge in [0.1, 0.15) is 5.52 Å². The second-order valence-electron chi connectivity index (χ2n) is 8.28. The zero-order valence-electron chi connectivity index (χ0n) is 17.5. The second-order valence-corrected chi connectivity index (χ2v) is 8.74. The van der Waals surface area contributed by atoms with E-state index in [1.165, 1.54) is 64.2 Å². The van der Waals surface area contributed by atoms with E-state index in [2.05, 4.69) is 10.3 Å². The number of aliphatic carboxylic acids is 1. The van der Waals surface area contributed by atoms with Crippen LogP contribution in [0.15, 0.2) is 28.7 Å². The van der Waals surface area contributed by atoms with Gasteiger partial charge in [-0.05, 0) is 82.1 Å². The number of aromatic nitrogens is 1. The van der Waals surface area contributed by atoms with Crippen molar-refractivity contribution in [3.63, 3.8) is 0 Å². The molecule has 2 saturated carbocycles. The van der Waals surface area contributed by atoms with Crippen molar-refractivity contribution >= 4 is 34.3 Å². The van der Waals surface area contributed by atoms with Gasteiger partial charge in [0.25, 0.3) is 0 Å². The first-order valence-electron chi connectivity index (χ1n) is 11.2. The fourth-order valence-corrected chi connectivity index (χ4v) is 4.46. The lowest BCUT2D eigenvalue weighted by Crippen LogP contribution is -2.95. The molecule has 1 aromatic heterocycles. The van der Waals surface area contributed by atoms with E-state index >= 15 is 0 Å². The van der Waals surface area contributed by atoms with Gasteiger partial charge in [0.05, 0.1) is 12.1 Å². The van der Waals surface area contributed by atoms with Gasteiger partial charge >= 0.3 is 6.08 Å². The number of nitrogens with zero attached hydrogens (tertiary/aromatic N) is 1. The summed E-state index contributed by atoms with van der Waals surface area (Å²) in [6, 6.07) is 9.15. The monoisotopic (exact) mass is 432 g/mol. The number of carbonyl (C=O) groups excluding carboxylic acids is 1. The molecule has 2 aromatic rings.